The van der Waals surface area contributed by atoms with Crippen LogP contribution < -0.4 is 9.47 Å². The summed E-state index contributed by atoms with van der Waals surface area (Å²) in [5.74, 6) is 1.71. The molecule has 0 saturated heterocycles. The molecule has 0 aliphatic rings. The smallest absolute Gasteiger partial charge is 0.179 e. The summed E-state index contributed by atoms with van der Waals surface area (Å²) >= 11 is 0. The van der Waals surface area contributed by atoms with Crippen LogP contribution in [0.2, 0.25) is 0 Å². The van der Waals surface area contributed by atoms with Crippen LogP contribution in [-0.2, 0) is 0 Å². The van der Waals surface area contributed by atoms with Gasteiger partial charge in [0.25, 0.3) is 0 Å². The maximum Gasteiger partial charge on any atom is 0.179 e. The first-order chi connectivity index (χ1) is 8.76. The van der Waals surface area contributed by atoms with Crippen LogP contribution >= 0.6 is 0 Å². The fraction of sp³-hybridized carbons (Fsp3) is 0.133. The third-order valence-electron chi connectivity index (χ3n) is 2.66. The summed E-state index contributed by atoms with van der Waals surface area (Å²) in [6, 6.07) is 12.8. The second kappa shape index (κ2) is 5.36. The molecule has 0 aliphatic heterocycles. The molecule has 0 unspecified atom stereocenters. The molecular formula is C15H14O3. The Labute approximate surface area is 106 Å². The Morgan fingerprint density at radius 1 is 1.00 bits per heavy atom. The molecule has 0 aliphatic carbocycles. The lowest BCUT2D eigenvalue weighted by atomic mass is 10.2. The van der Waals surface area contributed by atoms with Gasteiger partial charge in [0.05, 0.1) is 12.7 Å². The van der Waals surface area contributed by atoms with Crippen LogP contribution in [0.15, 0.2) is 42.5 Å². The maximum absolute atomic E-state index is 11.0. The molecule has 0 amide bonds. The van der Waals surface area contributed by atoms with Gasteiger partial charge >= 0.3 is 0 Å². The van der Waals surface area contributed by atoms with Crippen LogP contribution in [0.5, 0.6) is 17.2 Å². The van der Waals surface area contributed by atoms with Crippen LogP contribution in [-0.4, -0.2) is 13.4 Å². The van der Waals surface area contributed by atoms with Gasteiger partial charge in [-0.05, 0) is 30.7 Å². The zero-order chi connectivity index (χ0) is 13.0. The molecule has 2 aromatic carbocycles. The second-order valence-electron chi connectivity index (χ2n) is 3.86. The predicted molar refractivity (Wildman–Crippen MR) is 69.6 cm³/mol. The minimum absolute atomic E-state index is 0.448. The molecule has 0 atom stereocenters. The Bertz CT molecular complexity index is 561. The molecule has 0 heterocycles. The number of methoxy groups -OCH3 is 1. The minimum Gasteiger partial charge on any atom is -0.493 e. The lowest BCUT2D eigenvalue weighted by Gasteiger charge is -2.13. The van der Waals surface area contributed by atoms with Gasteiger partial charge in [0.1, 0.15) is 5.75 Å². The number of hydrogen-bond donors (Lipinski definition) is 0. The number of carbonyl (C=O) groups is 1. The minimum atomic E-state index is 0.448. The summed E-state index contributed by atoms with van der Waals surface area (Å²) in [4.78, 5) is 11.0. The zero-order valence-electron chi connectivity index (χ0n) is 10.3. The van der Waals surface area contributed by atoms with Crippen molar-refractivity contribution in [3.63, 3.8) is 0 Å². The number of para-hydroxylation sites is 2. The predicted octanol–water partition coefficient (Wildman–Crippen LogP) is 3.61. The average Bonchev–Trinajstić information content (AvgIpc) is 2.41. The summed E-state index contributed by atoms with van der Waals surface area (Å²) < 4.78 is 11.0. The van der Waals surface area contributed by atoms with Crippen molar-refractivity contribution in [2.24, 2.45) is 0 Å². The van der Waals surface area contributed by atoms with E-state index in [0.29, 0.717) is 22.8 Å². The highest BCUT2D eigenvalue weighted by Gasteiger charge is 2.11. The van der Waals surface area contributed by atoms with Gasteiger partial charge in [0.2, 0.25) is 0 Å². The molecule has 0 radical (unpaired) electrons. The topological polar surface area (TPSA) is 35.5 Å². The molecule has 3 heteroatoms. The molecule has 0 saturated carbocycles. The van der Waals surface area contributed by atoms with Gasteiger partial charge in [0.15, 0.2) is 17.8 Å². The summed E-state index contributed by atoms with van der Waals surface area (Å²) in [7, 11) is 1.55. The zero-order valence-corrected chi connectivity index (χ0v) is 10.3. The van der Waals surface area contributed by atoms with Gasteiger partial charge < -0.3 is 9.47 Å². The van der Waals surface area contributed by atoms with Crippen molar-refractivity contribution in [1.82, 2.24) is 0 Å². The van der Waals surface area contributed by atoms with E-state index in [1.54, 1.807) is 25.3 Å². The Kier molecular flexibility index (Phi) is 3.63. The maximum atomic E-state index is 11.0. The molecule has 18 heavy (non-hydrogen) atoms. The van der Waals surface area contributed by atoms with E-state index in [4.69, 9.17) is 9.47 Å². The van der Waals surface area contributed by atoms with Crippen molar-refractivity contribution < 1.29 is 14.3 Å². The van der Waals surface area contributed by atoms with E-state index in [1.165, 1.54) is 0 Å². The summed E-state index contributed by atoms with van der Waals surface area (Å²) in [5.41, 5.74) is 1.47. The van der Waals surface area contributed by atoms with Crippen molar-refractivity contribution in [3.05, 3.63) is 53.6 Å². The van der Waals surface area contributed by atoms with Gasteiger partial charge in [-0.25, -0.2) is 0 Å². The first-order valence-electron chi connectivity index (χ1n) is 5.62. The van der Waals surface area contributed by atoms with E-state index in [0.717, 1.165) is 11.8 Å². The van der Waals surface area contributed by atoms with Gasteiger partial charge in [0, 0.05) is 0 Å². The van der Waals surface area contributed by atoms with E-state index < -0.39 is 0 Å². The number of benzene rings is 2. The lowest BCUT2D eigenvalue weighted by molar-refractivity contribution is 0.112. The van der Waals surface area contributed by atoms with Crippen LogP contribution in [0.1, 0.15) is 15.9 Å². The molecular weight excluding hydrogens is 228 g/mol. The molecule has 92 valence electrons. The first kappa shape index (κ1) is 12.2. The Balaban J connectivity index is 2.45. The van der Waals surface area contributed by atoms with E-state index in [1.807, 2.05) is 31.2 Å². The van der Waals surface area contributed by atoms with E-state index in [-0.39, 0.29) is 0 Å². The number of hydrogen-bond acceptors (Lipinski definition) is 3. The number of rotatable bonds is 4. The highest BCUT2D eigenvalue weighted by atomic mass is 16.5. The molecule has 0 aromatic heterocycles. The number of ether oxygens (including phenoxy) is 2. The van der Waals surface area contributed by atoms with Crippen LogP contribution in [0.3, 0.4) is 0 Å². The molecule has 0 bridgehead atoms. The fourth-order valence-corrected chi connectivity index (χ4v) is 1.68. The molecule has 0 fully saturated rings. The quantitative estimate of drug-likeness (QED) is 0.768. The van der Waals surface area contributed by atoms with Gasteiger partial charge in [-0.1, -0.05) is 24.3 Å². The normalized spacial score (nSPS) is 9.89. The SMILES string of the molecule is COc1cccc(C=O)c1Oc1ccccc1C. The Morgan fingerprint density at radius 3 is 2.39 bits per heavy atom. The van der Waals surface area contributed by atoms with E-state index >= 15 is 0 Å². The van der Waals surface area contributed by atoms with Crippen molar-refractivity contribution in [3.8, 4) is 17.2 Å². The third kappa shape index (κ3) is 2.35. The van der Waals surface area contributed by atoms with Gasteiger partial charge in [-0.3, -0.25) is 4.79 Å². The van der Waals surface area contributed by atoms with Crippen molar-refractivity contribution in [2.45, 2.75) is 6.92 Å². The van der Waals surface area contributed by atoms with Crippen molar-refractivity contribution >= 4 is 6.29 Å². The molecule has 0 spiro atoms. The first-order valence-corrected chi connectivity index (χ1v) is 5.62. The third-order valence-corrected chi connectivity index (χ3v) is 2.66. The molecule has 2 rings (SSSR count). The number of carbonyl (C=O) groups excluding carboxylic acids is 1. The van der Waals surface area contributed by atoms with Crippen LogP contribution in [0, 0.1) is 6.92 Å². The highest BCUT2D eigenvalue weighted by molar-refractivity contribution is 5.81. The summed E-state index contributed by atoms with van der Waals surface area (Å²) in [5, 5.41) is 0. The second-order valence-corrected chi connectivity index (χ2v) is 3.86. The van der Waals surface area contributed by atoms with Crippen molar-refractivity contribution in [1.29, 1.82) is 0 Å². The highest BCUT2D eigenvalue weighted by Crippen LogP contribution is 2.35. The van der Waals surface area contributed by atoms with E-state index in [2.05, 4.69) is 0 Å². The Morgan fingerprint density at radius 2 is 1.72 bits per heavy atom. The van der Waals surface area contributed by atoms with Crippen LogP contribution in [0.25, 0.3) is 0 Å². The summed E-state index contributed by atoms with van der Waals surface area (Å²) in [6.45, 7) is 1.95. The standard InChI is InChI=1S/C15H14O3/c1-11-6-3-4-8-13(11)18-15-12(10-16)7-5-9-14(15)17-2/h3-10H,1-2H3. The molecule has 2 aromatic rings. The van der Waals surface area contributed by atoms with Gasteiger partial charge in [-0.2, -0.15) is 0 Å². The largest absolute Gasteiger partial charge is 0.493 e. The molecule has 0 N–H and O–H groups in total. The number of aldehydes is 1. The fourth-order valence-electron chi connectivity index (χ4n) is 1.68. The lowest BCUT2D eigenvalue weighted by Crippen LogP contribution is -1.95. The van der Waals surface area contributed by atoms with E-state index in [9.17, 15) is 4.79 Å². The van der Waals surface area contributed by atoms with Crippen LogP contribution in [0.4, 0.5) is 0 Å². The summed E-state index contributed by atoms with van der Waals surface area (Å²) in [6.07, 6.45) is 0.760. The monoisotopic (exact) mass is 242 g/mol. The number of aryl methyl sites for hydroxylation is 1. The van der Waals surface area contributed by atoms with Crippen molar-refractivity contribution in [2.75, 3.05) is 7.11 Å². The Hall–Kier alpha value is -2.29. The average molecular weight is 242 g/mol. The molecule has 3 nitrogen and oxygen atoms in total. The van der Waals surface area contributed by atoms with Gasteiger partial charge in [-0.15, -0.1) is 0 Å².